The molecule has 0 spiro atoms. The Morgan fingerprint density at radius 1 is 1.28 bits per heavy atom. The molecule has 2 nitrogen and oxygen atoms in total. The van der Waals surface area contributed by atoms with Crippen LogP contribution in [0.3, 0.4) is 0 Å². The molecule has 0 saturated heterocycles. The van der Waals surface area contributed by atoms with Crippen molar-refractivity contribution >= 4 is 0 Å². The lowest BCUT2D eigenvalue weighted by atomic mass is 10.0. The standard InChI is InChI=1S/C16H25NO/c1-2-16(18)10-6-12-17-11-5-9-14-7-3-4-8-15(14)13-17/h3-4,7-8,16,18H,2,5-6,9-13H2,1H3. The number of hydrogen-bond acceptors (Lipinski definition) is 2. The van der Waals surface area contributed by atoms with Crippen molar-refractivity contribution in [1.82, 2.24) is 4.90 Å². The molecule has 18 heavy (non-hydrogen) atoms. The van der Waals surface area contributed by atoms with Crippen LogP contribution in [0.5, 0.6) is 0 Å². The van der Waals surface area contributed by atoms with Crippen LogP contribution >= 0.6 is 0 Å². The summed E-state index contributed by atoms with van der Waals surface area (Å²) in [5.74, 6) is 0. The van der Waals surface area contributed by atoms with Crippen LogP contribution < -0.4 is 0 Å². The number of aliphatic hydroxyl groups is 1. The zero-order valence-electron chi connectivity index (χ0n) is 11.4. The van der Waals surface area contributed by atoms with Gasteiger partial charge in [0, 0.05) is 6.54 Å². The second kappa shape index (κ2) is 6.91. The molecule has 1 aliphatic heterocycles. The molecule has 1 aromatic rings. The largest absolute Gasteiger partial charge is 0.393 e. The Morgan fingerprint density at radius 3 is 2.83 bits per heavy atom. The van der Waals surface area contributed by atoms with Crippen molar-refractivity contribution in [3.05, 3.63) is 35.4 Å². The molecular formula is C16H25NO. The Labute approximate surface area is 111 Å². The maximum atomic E-state index is 9.58. The summed E-state index contributed by atoms with van der Waals surface area (Å²) in [4.78, 5) is 2.54. The van der Waals surface area contributed by atoms with E-state index >= 15 is 0 Å². The smallest absolute Gasteiger partial charge is 0.0538 e. The molecule has 1 atom stereocenters. The predicted octanol–water partition coefficient (Wildman–Crippen LogP) is 2.99. The SMILES string of the molecule is CCC(O)CCCN1CCCc2ccccc2C1. The minimum absolute atomic E-state index is 0.107. The first kappa shape index (κ1) is 13.6. The molecule has 0 bridgehead atoms. The third-order valence-electron chi connectivity index (χ3n) is 3.92. The van der Waals surface area contributed by atoms with Gasteiger partial charge in [0.1, 0.15) is 0 Å². The van der Waals surface area contributed by atoms with Gasteiger partial charge in [-0.2, -0.15) is 0 Å². The number of nitrogens with zero attached hydrogens (tertiary/aromatic N) is 1. The topological polar surface area (TPSA) is 23.5 Å². The number of aryl methyl sites for hydroxylation is 1. The Hall–Kier alpha value is -0.860. The minimum atomic E-state index is -0.107. The Bertz CT molecular complexity index is 364. The molecule has 2 rings (SSSR count). The van der Waals surface area contributed by atoms with Crippen LogP contribution in [0, 0.1) is 0 Å². The highest BCUT2D eigenvalue weighted by atomic mass is 16.3. The summed E-state index contributed by atoms with van der Waals surface area (Å²) in [6.45, 7) is 5.44. The molecule has 0 aromatic heterocycles. The molecule has 1 heterocycles. The lowest BCUT2D eigenvalue weighted by molar-refractivity contribution is 0.148. The zero-order chi connectivity index (χ0) is 12.8. The summed E-state index contributed by atoms with van der Waals surface area (Å²) in [6, 6.07) is 8.81. The third kappa shape index (κ3) is 3.82. The molecule has 100 valence electrons. The molecule has 1 unspecified atom stereocenters. The van der Waals surface area contributed by atoms with E-state index in [9.17, 15) is 5.11 Å². The maximum Gasteiger partial charge on any atom is 0.0538 e. The van der Waals surface area contributed by atoms with Gasteiger partial charge < -0.3 is 5.11 Å². The van der Waals surface area contributed by atoms with Crippen LogP contribution in [0.4, 0.5) is 0 Å². The summed E-state index contributed by atoms with van der Waals surface area (Å²) >= 11 is 0. The van der Waals surface area contributed by atoms with E-state index in [1.54, 1.807) is 0 Å². The van der Waals surface area contributed by atoms with Gasteiger partial charge in [-0.1, -0.05) is 31.2 Å². The van der Waals surface area contributed by atoms with Crippen molar-refractivity contribution in [2.75, 3.05) is 13.1 Å². The lowest BCUT2D eigenvalue weighted by Crippen LogP contribution is -2.25. The molecule has 0 aliphatic carbocycles. The van der Waals surface area contributed by atoms with Crippen molar-refractivity contribution in [3.63, 3.8) is 0 Å². The number of aliphatic hydroxyl groups excluding tert-OH is 1. The lowest BCUT2D eigenvalue weighted by Gasteiger charge is -2.21. The first-order valence-corrected chi connectivity index (χ1v) is 7.26. The first-order chi connectivity index (χ1) is 8.79. The van der Waals surface area contributed by atoms with Crippen molar-refractivity contribution < 1.29 is 5.11 Å². The summed E-state index contributed by atoms with van der Waals surface area (Å²) in [6.07, 6.45) is 5.29. The van der Waals surface area contributed by atoms with Gasteiger partial charge in [-0.3, -0.25) is 4.90 Å². The summed E-state index contributed by atoms with van der Waals surface area (Å²) in [5.41, 5.74) is 3.01. The van der Waals surface area contributed by atoms with Gasteiger partial charge in [-0.15, -0.1) is 0 Å². The van der Waals surface area contributed by atoms with Crippen molar-refractivity contribution in [1.29, 1.82) is 0 Å². The third-order valence-corrected chi connectivity index (χ3v) is 3.92. The van der Waals surface area contributed by atoms with Crippen LogP contribution in [-0.2, 0) is 13.0 Å². The molecular weight excluding hydrogens is 222 g/mol. The van der Waals surface area contributed by atoms with Crippen LogP contribution in [0.1, 0.15) is 43.7 Å². The quantitative estimate of drug-likeness (QED) is 0.864. The van der Waals surface area contributed by atoms with Gasteiger partial charge in [0.2, 0.25) is 0 Å². The molecule has 1 aliphatic rings. The molecule has 0 radical (unpaired) electrons. The van der Waals surface area contributed by atoms with Crippen LogP contribution in [0.25, 0.3) is 0 Å². The van der Waals surface area contributed by atoms with Crippen LogP contribution in [0.15, 0.2) is 24.3 Å². The average molecular weight is 247 g/mol. The monoisotopic (exact) mass is 247 g/mol. The van der Waals surface area contributed by atoms with Gasteiger partial charge in [0.25, 0.3) is 0 Å². The van der Waals surface area contributed by atoms with Gasteiger partial charge in [-0.05, 0) is 56.3 Å². The summed E-state index contributed by atoms with van der Waals surface area (Å²) in [5, 5.41) is 9.58. The van der Waals surface area contributed by atoms with Crippen LogP contribution in [0.2, 0.25) is 0 Å². The van der Waals surface area contributed by atoms with Gasteiger partial charge in [0.15, 0.2) is 0 Å². The number of rotatable bonds is 5. The van der Waals surface area contributed by atoms with Gasteiger partial charge in [-0.25, -0.2) is 0 Å². The number of fused-ring (bicyclic) bond motifs is 1. The predicted molar refractivity (Wildman–Crippen MR) is 75.6 cm³/mol. The summed E-state index contributed by atoms with van der Waals surface area (Å²) in [7, 11) is 0. The van der Waals surface area contributed by atoms with Crippen LogP contribution in [-0.4, -0.2) is 29.2 Å². The Kier molecular flexibility index (Phi) is 5.21. The second-order valence-corrected chi connectivity index (χ2v) is 5.35. The van der Waals surface area contributed by atoms with Crippen molar-refractivity contribution in [3.8, 4) is 0 Å². The molecule has 0 amide bonds. The molecule has 2 heteroatoms. The Morgan fingerprint density at radius 2 is 2.06 bits per heavy atom. The highest BCUT2D eigenvalue weighted by Gasteiger charge is 2.13. The molecule has 1 aromatic carbocycles. The number of hydrogen-bond donors (Lipinski definition) is 1. The summed E-state index contributed by atoms with van der Waals surface area (Å²) < 4.78 is 0. The van der Waals surface area contributed by atoms with Gasteiger partial charge >= 0.3 is 0 Å². The van der Waals surface area contributed by atoms with E-state index in [1.807, 2.05) is 6.92 Å². The fourth-order valence-electron chi connectivity index (χ4n) is 2.71. The van der Waals surface area contributed by atoms with E-state index in [1.165, 1.54) is 30.5 Å². The maximum absolute atomic E-state index is 9.58. The fraction of sp³-hybridized carbons (Fsp3) is 0.625. The van der Waals surface area contributed by atoms with E-state index in [2.05, 4.69) is 29.2 Å². The van der Waals surface area contributed by atoms with Gasteiger partial charge in [0.05, 0.1) is 6.10 Å². The molecule has 1 N–H and O–H groups in total. The van der Waals surface area contributed by atoms with E-state index in [4.69, 9.17) is 0 Å². The van der Waals surface area contributed by atoms with E-state index < -0.39 is 0 Å². The van der Waals surface area contributed by atoms with E-state index in [-0.39, 0.29) is 6.10 Å². The number of benzene rings is 1. The minimum Gasteiger partial charge on any atom is -0.393 e. The highest BCUT2D eigenvalue weighted by Crippen LogP contribution is 2.18. The second-order valence-electron chi connectivity index (χ2n) is 5.35. The average Bonchev–Trinajstić information content (AvgIpc) is 2.60. The molecule has 0 saturated carbocycles. The zero-order valence-corrected chi connectivity index (χ0v) is 11.4. The van der Waals surface area contributed by atoms with E-state index in [0.29, 0.717) is 0 Å². The molecule has 0 fully saturated rings. The van der Waals surface area contributed by atoms with E-state index in [0.717, 1.165) is 32.4 Å². The normalized spacial score (nSPS) is 18.1. The first-order valence-electron chi connectivity index (χ1n) is 7.26. The highest BCUT2D eigenvalue weighted by molar-refractivity contribution is 5.27. The fourth-order valence-corrected chi connectivity index (χ4v) is 2.71. The van der Waals surface area contributed by atoms with Crippen molar-refractivity contribution in [2.45, 2.75) is 51.7 Å². The van der Waals surface area contributed by atoms with Crippen molar-refractivity contribution in [2.24, 2.45) is 0 Å². The Balaban J connectivity index is 1.84.